The van der Waals surface area contributed by atoms with Crippen LogP contribution in [-0.4, -0.2) is 45.4 Å². The van der Waals surface area contributed by atoms with Gasteiger partial charge in [-0.15, -0.1) is 0 Å². The Balaban J connectivity index is 1.55. The summed E-state index contributed by atoms with van der Waals surface area (Å²) < 4.78 is 29.8. The molecule has 1 N–H and O–H groups in total. The summed E-state index contributed by atoms with van der Waals surface area (Å²) in [5, 5.41) is 3.03. The van der Waals surface area contributed by atoms with Crippen LogP contribution in [0, 0.1) is 5.82 Å². The summed E-state index contributed by atoms with van der Waals surface area (Å²) in [6.07, 6.45) is 0.199. The summed E-state index contributed by atoms with van der Waals surface area (Å²) in [6, 6.07) is 16.9. The number of amides is 2. The third-order valence-electron chi connectivity index (χ3n) is 6.58. The number of carbonyl (C=O) groups is 2. The first-order valence-electron chi connectivity index (χ1n) is 12.2. The van der Waals surface area contributed by atoms with Gasteiger partial charge in [0.15, 0.2) is 11.5 Å². The van der Waals surface area contributed by atoms with Crippen molar-refractivity contribution in [3.63, 3.8) is 0 Å². The molecule has 0 saturated carbocycles. The van der Waals surface area contributed by atoms with E-state index >= 15 is 0 Å². The van der Waals surface area contributed by atoms with Gasteiger partial charge in [0, 0.05) is 30.1 Å². The lowest BCUT2D eigenvalue weighted by molar-refractivity contribution is 0.0949. The number of benzene rings is 3. The van der Waals surface area contributed by atoms with Gasteiger partial charge in [0.2, 0.25) is 0 Å². The fraction of sp³-hybridized carbons (Fsp3) is 0.310. The Morgan fingerprint density at radius 3 is 2.35 bits per heavy atom. The van der Waals surface area contributed by atoms with Crippen molar-refractivity contribution >= 4 is 17.7 Å². The molecule has 0 saturated heterocycles. The first-order valence-corrected chi connectivity index (χ1v) is 12.2. The van der Waals surface area contributed by atoms with Crippen LogP contribution in [0.5, 0.6) is 11.5 Å². The topological polar surface area (TPSA) is 77.1 Å². The van der Waals surface area contributed by atoms with Crippen molar-refractivity contribution in [2.24, 2.45) is 0 Å². The van der Waals surface area contributed by atoms with Gasteiger partial charge in [-0.2, -0.15) is 0 Å². The minimum Gasteiger partial charge on any atom is -0.493 e. The number of ether oxygens (including phenoxy) is 3. The number of nitrogens with one attached hydrogen (secondary N) is 1. The standard InChI is InChI=1S/C29H31FN2O5/c1-5-37-29(34)32-18(2)13-22(24-15-26(35-3)27(36-4)16-25(24)32)17-31-28(33)20-11-9-19(10-12-20)21-7-6-8-23(30)14-21/h6-12,14-16,18,22H,5,13,17H2,1-4H3,(H,31,33). The molecule has 4 rings (SSSR count). The van der Waals surface area contributed by atoms with E-state index < -0.39 is 6.09 Å². The van der Waals surface area contributed by atoms with E-state index in [9.17, 15) is 14.0 Å². The number of methoxy groups -OCH3 is 2. The maximum Gasteiger partial charge on any atom is 0.414 e. The lowest BCUT2D eigenvalue weighted by Crippen LogP contribution is -2.45. The Morgan fingerprint density at radius 2 is 1.70 bits per heavy atom. The van der Waals surface area contributed by atoms with Gasteiger partial charge in [-0.1, -0.05) is 24.3 Å². The first kappa shape index (κ1) is 26.0. The van der Waals surface area contributed by atoms with Gasteiger partial charge in [0.25, 0.3) is 5.91 Å². The van der Waals surface area contributed by atoms with Crippen LogP contribution in [0.15, 0.2) is 60.7 Å². The van der Waals surface area contributed by atoms with Gasteiger partial charge in [-0.3, -0.25) is 9.69 Å². The normalized spacial score (nSPS) is 16.5. The summed E-state index contributed by atoms with van der Waals surface area (Å²) in [7, 11) is 3.10. The van der Waals surface area contributed by atoms with Crippen LogP contribution in [0.2, 0.25) is 0 Å². The van der Waals surface area contributed by atoms with Gasteiger partial charge in [0.1, 0.15) is 5.82 Å². The summed E-state index contributed by atoms with van der Waals surface area (Å²) >= 11 is 0. The lowest BCUT2D eigenvalue weighted by Gasteiger charge is -2.39. The molecule has 0 aliphatic carbocycles. The van der Waals surface area contributed by atoms with Gasteiger partial charge in [0.05, 0.1) is 26.5 Å². The van der Waals surface area contributed by atoms with Gasteiger partial charge < -0.3 is 19.5 Å². The smallest absolute Gasteiger partial charge is 0.414 e. The van der Waals surface area contributed by atoms with E-state index in [1.165, 1.54) is 12.1 Å². The second-order valence-corrected chi connectivity index (χ2v) is 8.91. The van der Waals surface area contributed by atoms with Crippen molar-refractivity contribution in [2.45, 2.75) is 32.2 Å². The van der Waals surface area contributed by atoms with Gasteiger partial charge in [-0.05, 0) is 67.3 Å². The molecular weight excluding hydrogens is 475 g/mol. The Hall–Kier alpha value is -4.07. The average molecular weight is 507 g/mol. The SMILES string of the molecule is CCOC(=O)N1c2cc(OC)c(OC)cc2C(CNC(=O)c2ccc(-c3cccc(F)c3)cc2)CC1C. The Morgan fingerprint density at radius 1 is 1.00 bits per heavy atom. The van der Waals surface area contributed by atoms with E-state index in [2.05, 4.69) is 5.32 Å². The van der Waals surface area contributed by atoms with Crippen molar-refractivity contribution in [3.8, 4) is 22.6 Å². The highest BCUT2D eigenvalue weighted by Crippen LogP contribution is 2.44. The van der Waals surface area contributed by atoms with Crippen LogP contribution in [0.4, 0.5) is 14.9 Å². The largest absolute Gasteiger partial charge is 0.493 e. The zero-order valence-corrected chi connectivity index (χ0v) is 21.4. The predicted octanol–water partition coefficient (Wildman–Crippen LogP) is 5.78. The quantitative estimate of drug-likeness (QED) is 0.440. The van der Waals surface area contributed by atoms with E-state index in [0.29, 0.717) is 35.7 Å². The second-order valence-electron chi connectivity index (χ2n) is 8.91. The van der Waals surface area contributed by atoms with Crippen molar-refractivity contribution in [2.75, 3.05) is 32.3 Å². The van der Waals surface area contributed by atoms with Crippen molar-refractivity contribution in [1.29, 1.82) is 0 Å². The molecule has 2 unspecified atom stereocenters. The van der Waals surface area contributed by atoms with Gasteiger partial charge >= 0.3 is 6.09 Å². The number of nitrogens with zero attached hydrogens (tertiary/aromatic N) is 1. The van der Waals surface area contributed by atoms with Crippen LogP contribution in [0.3, 0.4) is 0 Å². The van der Waals surface area contributed by atoms with Crippen molar-refractivity contribution < 1.29 is 28.2 Å². The van der Waals surface area contributed by atoms with E-state index in [-0.39, 0.29) is 30.3 Å². The zero-order valence-electron chi connectivity index (χ0n) is 21.4. The monoisotopic (exact) mass is 506 g/mol. The van der Waals surface area contributed by atoms with Crippen molar-refractivity contribution in [1.82, 2.24) is 5.32 Å². The summed E-state index contributed by atoms with van der Waals surface area (Å²) in [6.45, 7) is 4.36. The fourth-order valence-electron chi connectivity index (χ4n) is 4.77. The predicted molar refractivity (Wildman–Crippen MR) is 140 cm³/mol. The summed E-state index contributed by atoms with van der Waals surface area (Å²) in [5.41, 5.74) is 3.62. The molecule has 0 spiro atoms. The van der Waals surface area contributed by atoms with E-state index in [0.717, 1.165) is 16.7 Å². The highest BCUT2D eigenvalue weighted by atomic mass is 19.1. The fourth-order valence-corrected chi connectivity index (χ4v) is 4.77. The number of anilines is 1. The van der Waals surface area contributed by atoms with E-state index in [4.69, 9.17) is 14.2 Å². The molecule has 0 fully saturated rings. The molecular formula is C29H31FN2O5. The van der Waals surface area contributed by atoms with Crippen molar-refractivity contribution in [3.05, 3.63) is 77.6 Å². The van der Waals surface area contributed by atoms with Gasteiger partial charge in [-0.25, -0.2) is 9.18 Å². The molecule has 1 aliphatic rings. The molecule has 0 radical (unpaired) electrons. The van der Waals surface area contributed by atoms with Crippen LogP contribution < -0.4 is 19.7 Å². The number of fused-ring (bicyclic) bond motifs is 1. The van der Waals surface area contributed by atoms with E-state index in [1.54, 1.807) is 62.4 Å². The minimum atomic E-state index is -0.427. The summed E-state index contributed by atoms with van der Waals surface area (Å²) in [4.78, 5) is 27.4. The molecule has 0 bridgehead atoms. The molecule has 1 heterocycles. The highest BCUT2D eigenvalue weighted by molar-refractivity contribution is 5.95. The highest BCUT2D eigenvalue weighted by Gasteiger charge is 2.36. The number of hydrogen-bond acceptors (Lipinski definition) is 5. The Kier molecular flexibility index (Phi) is 7.96. The Labute approximate surface area is 216 Å². The molecule has 2 atom stereocenters. The van der Waals surface area contributed by atoms with E-state index in [1.807, 2.05) is 19.1 Å². The molecule has 194 valence electrons. The zero-order chi connectivity index (χ0) is 26.5. The maximum atomic E-state index is 13.6. The molecule has 8 heteroatoms. The van der Waals surface area contributed by atoms with Crippen LogP contribution in [-0.2, 0) is 4.74 Å². The third kappa shape index (κ3) is 5.53. The number of rotatable bonds is 7. The molecule has 2 amide bonds. The second kappa shape index (κ2) is 11.3. The van der Waals surface area contributed by atoms with Crippen LogP contribution in [0.1, 0.15) is 42.1 Å². The van der Waals surface area contributed by atoms with Crippen LogP contribution in [0.25, 0.3) is 11.1 Å². The minimum absolute atomic E-state index is 0.0639. The molecule has 7 nitrogen and oxygen atoms in total. The summed E-state index contributed by atoms with van der Waals surface area (Å²) in [5.74, 6) is 0.464. The molecule has 1 aliphatic heterocycles. The Bertz CT molecular complexity index is 1280. The first-order chi connectivity index (χ1) is 17.9. The molecule has 37 heavy (non-hydrogen) atoms. The average Bonchev–Trinajstić information content (AvgIpc) is 2.90. The number of carbonyl (C=O) groups excluding carboxylic acids is 2. The molecule has 3 aromatic carbocycles. The lowest BCUT2D eigenvalue weighted by atomic mass is 9.85. The number of hydrogen-bond donors (Lipinski definition) is 1. The number of halogens is 1. The molecule has 3 aromatic rings. The van der Waals surface area contributed by atoms with Crippen LogP contribution >= 0.6 is 0 Å². The molecule has 0 aromatic heterocycles. The maximum absolute atomic E-state index is 13.6. The third-order valence-corrected chi connectivity index (χ3v) is 6.58.